The second kappa shape index (κ2) is 9.47. The number of hydrogen-bond acceptors (Lipinski definition) is 3. The van der Waals surface area contributed by atoms with Crippen LogP contribution in [0.3, 0.4) is 0 Å². The van der Waals surface area contributed by atoms with Gasteiger partial charge < -0.3 is 7.43 Å². The van der Waals surface area contributed by atoms with Gasteiger partial charge in [-0.05, 0) is 0 Å². The van der Waals surface area contributed by atoms with Gasteiger partial charge in [0.2, 0.25) is 0 Å². The van der Waals surface area contributed by atoms with Crippen LogP contribution in [-0.4, -0.2) is 26.5 Å². The fraction of sp³-hybridized carbons (Fsp3) is 0.360. The molecule has 2 aromatic heterocycles. The van der Waals surface area contributed by atoms with Crippen LogP contribution in [-0.2, 0) is 17.0 Å². The van der Waals surface area contributed by atoms with Crippen LogP contribution < -0.4 is 5.30 Å². The molecule has 1 N–H and O–H groups in total. The van der Waals surface area contributed by atoms with Crippen molar-refractivity contribution in [2.24, 2.45) is 0 Å². The second-order valence-corrected chi connectivity index (χ2v) is 13.5. The van der Waals surface area contributed by atoms with Crippen molar-refractivity contribution < 1.29 is 17.0 Å². The van der Waals surface area contributed by atoms with Crippen LogP contribution in [0.4, 0.5) is 0 Å². The molecule has 0 bridgehead atoms. The van der Waals surface area contributed by atoms with Gasteiger partial charge in [-0.25, -0.2) is 0 Å². The Hall–Kier alpha value is -1.39. The van der Waals surface area contributed by atoms with E-state index in [1.165, 1.54) is 34.8 Å². The first kappa shape index (κ1) is 23.8. The van der Waals surface area contributed by atoms with Crippen molar-refractivity contribution in [3.05, 3.63) is 64.5 Å². The Labute approximate surface area is 204 Å². The number of aromatic nitrogens is 4. The fourth-order valence-electron chi connectivity index (χ4n) is 4.12. The largest absolute Gasteiger partial charge is 0.358 e. The van der Waals surface area contributed by atoms with Crippen molar-refractivity contribution in [3.63, 3.8) is 0 Å². The first-order chi connectivity index (χ1) is 15.0. The van der Waals surface area contributed by atoms with Crippen LogP contribution in [0.2, 0.25) is 0 Å². The molecule has 2 heterocycles. The summed E-state index contributed by atoms with van der Waals surface area (Å²) in [4.78, 5) is 4.90. The van der Waals surface area contributed by atoms with Crippen molar-refractivity contribution in [3.8, 4) is 0 Å². The summed E-state index contributed by atoms with van der Waals surface area (Å²) in [6, 6.07) is 13.8. The maximum Gasteiger partial charge on any atom is -0.358 e. The smallest absolute Gasteiger partial charge is 0.358 e. The molecule has 0 aliphatic heterocycles. The Morgan fingerprint density at radius 1 is 1.25 bits per heavy atom. The number of rotatable bonds is 6. The minimum absolute atomic E-state index is 0. The molecule has 1 saturated carbocycles. The zero-order valence-electron chi connectivity index (χ0n) is 19.4. The van der Waals surface area contributed by atoms with E-state index < -0.39 is 7.12 Å². The summed E-state index contributed by atoms with van der Waals surface area (Å²) in [6.45, 7) is 9.10. The van der Waals surface area contributed by atoms with Crippen LogP contribution in [0.5, 0.6) is 0 Å². The van der Waals surface area contributed by atoms with Crippen LogP contribution in [0.1, 0.15) is 61.6 Å². The summed E-state index contributed by atoms with van der Waals surface area (Å²) in [7, 11) is -0.428. The molecule has 4 nitrogen and oxygen atoms in total. The zero-order chi connectivity index (χ0) is 21.7. The molecule has 1 aliphatic rings. The van der Waals surface area contributed by atoms with Gasteiger partial charge in [0.25, 0.3) is 0 Å². The van der Waals surface area contributed by atoms with Crippen molar-refractivity contribution in [1.29, 1.82) is 0 Å². The topological polar surface area (TPSA) is 46.0 Å². The van der Waals surface area contributed by atoms with Gasteiger partial charge in [0.1, 0.15) is 0 Å². The SMILES string of the molecule is CCC(C)c1ccc2[c](=[V])nc3c(SP(C)c4ccc(C5CC5)cc4C)n[nH]n3c2c1.[CH3-]. The molecular formula is C25H30N4PSV-. The van der Waals surface area contributed by atoms with Crippen molar-refractivity contribution in [1.82, 2.24) is 19.8 Å². The molecule has 2 aromatic carbocycles. The van der Waals surface area contributed by atoms with E-state index in [0.717, 1.165) is 37.9 Å². The van der Waals surface area contributed by atoms with E-state index in [0.29, 0.717) is 5.92 Å². The number of aryl methyl sites for hydroxylation is 1. The maximum absolute atomic E-state index is 4.90. The molecule has 0 radical (unpaired) electrons. The Balaban J connectivity index is 0.00000245. The van der Waals surface area contributed by atoms with Gasteiger partial charge in [-0.3, -0.25) is 0 Å². The van der Waals surface area contributed by atoms with Gasteiger partial charge >= 0.3 is 198 Å². The number of fused-ring (bicyclic) bond motifs is 3. The molecule has 167 valence electrons. The molecule has 32 heavy (non-hydrogen) atoms. The maximum atomic E-state index is 4.90. The fourth-order valence-corrected chi connectivity index (χ4v) is 8.12. The second-order valence-electron chi connectivity index (χ2n) is 8.61. The number of aromatic amines is 1. The standard InChI is InChI=1S/C24H27N4PS.CH3.V/c1-5-15(2)18-8-9-20-14-25-23-24(26-27-28(23)21(20)13-18)30-29(4)22-11-10-19(12-16(22)3)17-6-7-17;;/h8-13,15,17,27H,5-7H2,1-4H3;1H3;/q;-1;. The van der Waals surface area contributed by atoms with E-state index in [2.05, 4.69) is 91.1 Å². The third-order valence-corrected chi connectivity index (χ3v) is 10.7. The molecule has 4 aromatic rings. The van der Waals surface area contributed by atoms with E-state index in [-0.39, 0.29) is 7.43 Å². The third kappa shape index (κ3) is 4.38. The minimum atomic E-state index is -0.428. The van der Waals surface area contributed by atoms with Gasteiger partial charge in [0, 0.05) is 0 Å². The molecule has 2 atom stereocenters. The van der Waals surface area contributed by atoms with Crippen molar-refractivity contribution in [2.45, 2.75) is 56.9 Å². The molecule has 0 spiro atoms. The summed E-state index contributed by atoms with van der Waals surface area (Å²) in [5.41, 5.74) is 6.32. The van der Waals surface area contributed by atoms with Crippen LogP contribution in [0.25, 0.3) is 16.6 Å². The Morgan fingerprint density at radius 2 is 2.03 bits per heavy atom. The molecule has 5 rings (SSSR count). The normalized spacial score (nSPS) is 15.6. The molecule has 0 amide bonds. The van der Waals surface area contributed by atoms with Gasteiger partial charge in [0.15, 0.2) is 0 Å². The Bertz CT molecular complexity index is 1340. The predicted molar refractivity (Wildman–Crippen MR) is 135 cm³/mol. The van der Waals surface area contributed by atoms with Crippen LogP contribution in [0.15, 0.2) is 41.4 Å². The molecule has 7 heteroatoms. The van der Waals surface area contributed by atoms with E-state index in [4.69, 9.17) is 4.98 Å². The predicted octanol–water partition coefficient (Wildman–Crippen LogP) is 6.88. The number of nitrogens with one attached hydrogen (secondary N) is 1. The van der Waals surface area contributed by atoms with E-state index >= 15 is 0 Å². The molecule has 0 saturated heterocycles. The first-order valence-electron chi connectivity index (χ1n) is 10.9. The summed E-state index contributed by atoms with van der Waals surface area (Å²) in [5.74, 6) is 1.33. The summed E-state index contributed by atoms with van der Waals surface area (Å²) in [5, 5.41) is 11.5. The number of nitrogens with zero attached hydrogens (tertiary/aromatic N) is 3. The van der Waals surface area contributed by atoms with Crippen LogP contribution in [0, 0.1) is 18.4 Å². The molecule has 1 fully saturated rings. The average molecular weight is 501 g/mol. The Morgan fingerprint density at radius 3 is 2.72 bits per heavy atom. The summed E-state index contributed by atoms with van der Waals surface area (Å²) in [6.07, 6.45) is 3.82. The number of H-pyrrole nitrogens is 1. The summed E-state index contributed by atoms with van der Waals surface area (Å²) < 4.78 is 3.04. The monoisotopic (exact) mass is 500 g/mol. The van der Waals surface area contributed by atoms with Crippen molar-refractivity contribution >= 4 is 40.4 Å². The Kier molecular flexibility index (Phi) is 7.03. The quantitative estimate of drug-likeness (QED) is 0.232. The minimum Gasteiger partial charge on any atom is -0.358 e. The number of benzene rings is 2. The van der Waals surface area contributed by atoms with Gasteiger partial charge in [-0.15, -0.1) is 0 Å². The van der Waals surface area contributed by atoms with E-state index in [1.807, 2.05) is 15.9 Å². The summed E-state index contributed by atoms with van der Waals surface area (Å²) >= 11 is 4.47. The first-order valence-corrected chi connectivity index (χ1v) is 14.8. The molecular weight excluding hydrogens is 470 g/mol. The third-order valence-electron chi connectivity index (χ3n) is 6.38. The van der Waals surface area contributed by atoms with Gasteiger partial charge in [-0.1, -0.05) is 0 Å². The molecule has 2 unspecified atom stereocenters. The van der Waals surface area contributed by atoms with Crippen molar-refractivity contribution in [2.75, 3.05) is 6.66 Å². The molecule has 1 aliphatic carbocycles. The van der Waals surface area contributed by atoms with Crippen LogP contribution >= 0.6 is 18.5 Å². The van der Waals surface area contributed by atoms with Gasteiger partial charge in [0.05, 0.1) is 0 Å². The van der Waals surface area contributed by atoms with Gasteiger partial charge in [-0.2, -0.15) is 0 Å². The average Bonchev–Trinajstić information content (AvgIpc) is 3.55. The van der Waals surface area contributed by atoms with E-state index in [1.54, 1.807) is 0 Å². The van der Waals surface area contributed by atoms with E-state index in [9.17, 15) is 0 Å². The zero-order valence-corrected chi connectivity index (χ0v) is 22.5. The number of hydrogen-bond donors (Lipinski definition) is 1.